The number of alkyl halides is 3. The lowest BCUT2D eigenvalue weighted by atomic mass is 9.72. The molecule has 3 aromatic carbocycles. The van der Waals surface area contributed by atoms with E-state index in [-0.39, 0.29) is 0 Å². The molecule has 39 heavy (non-hydrogen) atoms. The van der Waals surface area contributed by atoms with Gasteiger partial charge in [-0.3, -0.25) is 4.99 Å². The zero-order chi connectivity index (χ0) is 28.6. The molecule has 3 nitrogen and oxygen atoms in total. The highest BCUT2D eigenvalue weighted by Crippen LogP contribution is 2.54. The van der Waals surface area contributed by atoms with Crippen molar-refractivity contribution in [1.82, 2.24) is 5.32 Å². The molecule has 0 unspecified atom stereocenters. The van der Waals surface area contributed by atoms with Crippen LogP contribution in [0.15, 0.2) is 84.0 Å². The van der Waals surface area contributed by atoms with Gasteiger partial charge in [-0.1, -0.05) is 93.4 Å². The summed E-state index contributed by atoms with van der Waals surface area (Å²) >= 11 is 0. The molecule has 0 amide bonds. The molecule has 0 radical (unpaired) electrons. The van der Waals surface area contributed by atoms with Gasteiger partial charge in [0.25, 0.3) is 0 Å². The quantitative estimate of drug-likeness (QED) is 0.212. The van der Waals surface area contributed by atoms with Gasteiger partial charge in [-0.05, 0) is 61.1 Å². The topological polar surface area (TPSA) is 36.4 Å². The van der Waals surface area contributed by atoms with Crippen LogP contribution in [0.1, 0.15) is 63.1 Å². The Bertz CT molecular complexity index is 1260. The van der Waals surface area contributed by atoms with Crippen molar-refractivity contribution in [2.45, 2.75) is 65.0 Å². The molecule has 0 fully saturated rings. The Morgan fingerprint density at radius 1 is 0.897 bits per heavy atom. The third-order valence-electron chi connectivity index (χ3n) is 7.08. The predicted molar refractivity (Wildman–Crippen MR) is 159 cm³/mol. The number of rotatable bonds is 9. The monoisotopic (exact) mass is 535 g/mol. The van der Waals surface area contributed by atoms with Crippen molar-refractivity contribution in [3.63, 3.8) is 0 Å². The minimum absolute atomic E-state index is 0.434. The number of fused-ring (bicyclic) bond motifs is 3. The highest BCUT2D eigenvalue weighted by molar-refractivity contribution is 5.85. The minimum atomic E-state index is -4.27. The summed E-state index contributed by atoms with van der Waals surface area (Å²) < 4.78 is 38.5. The lowest BCUT2D eigenvalue weighted by molar-refractivity contribution is -0.123. The lowest BCUT2D eigenvalue weighted by Crippen LogP contribution is -2.39. The summed E-state index contributed by atoms with van der Waals surface area (Å²) in [5.74, 6) is 0. The molecular formula is C33H40F3N3. The Kier molecular flexibility index (Phi) is 10.0. The molecule has 0 spiro atoms. The number of unbranched alkanes of at least 4 members (excludes halogenated alkanes) is 2. The van der Waals surface area contributed by atoms with Gasteiger partial charge in [0.2, 0.25) is 0 Å². The summed E-state index contributed by atoms with van der Waals surface area (Å²) in [5, 5.41) is 5.73. The molecule has 3 aromatic rings. The van der Waals surface area contributed by atoms with Crippen LogP contribution in [0.5, 0.6) is 0 Å². The number of benzene rings is 3. The van der Waals surface area contributed by atoms with Crippen molar-refractivity contribution in [2.75, 3.05) is 18.9 Å². The van der Waals surface area contributed by atoms with Gasteiger partial charge in [0, 0.05) is 18.5 Å². The van der Waals surface area contributed by atoms with Crippen LogP contribution in [0.3, 0.4) is 0 Å². The van der Waals surface area contributed by atoms with E-state index < -0.39 is 18.1 Å². The zero-order valence-electron chi connectivity index (χ0n) is 23.7. The molecule has 0 bridgehead atoms. The Hall–Kier alpha value is -3.54. The zero-order valence-corrected chi connectivity index (χ0v) is 23.7. The number of halogens is 3. The Morgan fingerprint density at radius 2 is 1.49 bits per heavy atom. The molecule has 208 valence electrons. The van der Waals surface area contributed by atoms with Gasteiger partial charge in [-0.2, -0.15) is 13.2 Å². The smallest absolute Gasteiger partial charge is 0.386 e. The summed E-state index contributed by atoms with van der Waals surface area (Å²) in [6, 6.07) is 22.2. The molecule has 2 N–H and O–H groups in total. The van der Waals surface area contributed by atoms with Crippen LogP contribution in [0, 0.1) is 6.92 Å². The third kappa shape index (κ3) is 6.92. The van der Waals surface area contributed by atoms with Crippen molar-refractivity contribution in [3.8, 4) is 11.1 Å². The third-order valence-corrected chi connectivity index (χ3v) is 7.08. The number of nitrogens with one attached hydrogen (secondary N) is 2. The van der Waals surface area contributed by atoms with E-state index in [1.54, 1.807) is 0 Å². The van der Waals surface area contributed by atoms with E-state index in [2.05, 4.69) is 42.1 Å². The van der Waals surface area contributed by atoms with Crippen LogP contribution in [0.2, 0.25) is 0 Å². The molecule has 1 aliphatic rings. The van der Waals surface area contributed by atoms with Gasteiger partial charge in [-0.15, -0.1) is 0 Å². The molecule has 4 rings (SSSR count). The fourth-order valence-corrected chi connectivity index (χ4v) is 5.30. The van der Waals surface area contributed by atoms with Crippen molar-refractivity contribution in [3.05, 3.63) is 95.7 Å². The number of nitrogens with zero attached hydrogens (tertiary/aromatic N) is 1. The van der Waals surface area contributed by atoms with Gasteiger partial charge in [-0.25, -0.2) is 0 Å². The van der Waals surface area contributed by atoms with E-state index in [0.717, 1.165) is 65.0 Å². The van der Waals surface area contributed by atoms with Crippen LogP contribution in [0.25, 0.3) is 11.1 Å². The van der Waals surface area contributed by atoms with Gasteiger partial charge in [0.1, 0.15) is 6.54 Å². The second kappa shape index (κ2) is 13.0. The number of para-hydroxylation sites is 1. The van der Waals surface area contributed by atoms with Crippen LogP contribution in [0.4, 0.5) is 24.5 Å². The van der Waals surface area contributed by atoms with Gasteiger partial charge in [0.15, 0.2) is 0 Å². The van der Waals surface area contributed by atoms with Crippen LogP contribution < -0.4 is 10.6 Å². The average molecular weight is 536 g/mol. The maximum atomic E-state index is 12.8. The summed E-state index contributed by atoms with van der Waals surface area (Å²) in [6.07, 6.45) is -0.490. The van der Waals surface area contributed by atoms with E-state index in [1.165, 1.54) is 5.56 Å². The highest BCUT2D eigenvalue weighted by Gasteiger charge is 2.45. The SMILES string of the molecule is C=C(NCC(F)(F)F)C1(CCCCC)c2ccccc2-c2ccccc21.CNc1cccc(C)c1N=C(C)C. The second-order valence-electron chi connectivity index (χ2n) is 10.2. The number of anilines is 1. The molecular weight excluding hydrogens is 495 g/mol. The number of hydrogen-bond donors (Lipinski definition) is 2. The predicted octanol–water partition coefficient (Wildman–Crippen LogP) is 9.35. The summed E-state index contributed by atoms with van der Waals surface area (Å²) in [7, 11) is 1.92. The number of allylic oxidation sites excluding steroid dienone is 1. The maximum absolute atomic E-state index is 12.8. The normalized spacial score (nSPS) is 12.9. The van der Waals surface area contributed by atoms with Gasteiger partial charge in [0.05, 0.1) is 16.8 Å². The number of aliphatic imine (C=N–C) groups is 1. The summed E-state index contributed by atoms with van der Waals surface area (Å²) in [6.45, 7) is 11.2. The average Bonchev–Trinajstić information content (AvgIpc) is 3.19. The summed E-state index contributed by atoms with van der Waals surface area (Å²) in [5.41, 5.74) is 8.51. The van der Waals surface area contributed by atoms with Crippen LogP contribution in [-0.2, 0) is 5.41 Å². The largest absolute Gasteiger partial charge is 0.405 e. The lowest BCUT2D eigenvalue weighted by Gasteiger charge is -2.35. The Morgan fingerprint density at radius 3 is 2.00 bits per heavy atom. The van der Waals surface area contributed by atoms with E-state index in [4.69, 9.17) is 0 Å². The van der Waals surface area contributed by atoms with Gasteiger partial charge < -0.3 is 10.6 Å². The first-order valence-corrected chi connectivity index (χ1v) is 13.5. The highest BCUT2D eigenvalue weighted by atomic mass is 19.4. The molecule has 0 aliphatic heterocycles. The van der Waals surface area contributed by atoms with E-state index in [0.29, 0.717) is 5.70 Å². The van der Waals surface area contributed by atoms with Gasteiger partial charge >= 0.3 is 6.18 Å². The van der Waals surface area contributed by atoms with E-state index in [1.807, 2.05) is 81.6 Å². The standard InChI is InChI=1S/C22H24F3N.C11H16N2/c1-3-4-9-14-21(16(2)26-15-22(23,24)25)19-12-7-5-10-17(19)18-11-6-8-13-20(18)21;1-8(2)13-11-9(3)6-5-7-10(11)12-4/h5-8,10-13,26H,2-4,9,14-15H2,1H3;5-7,12H,1-4H3. The van der Waals surface area contributed by atoms with Crippen LogP contribution in [-0.4, -0.2) is 25.5 Å². The van der Waals surface area contributed by atoms with Crippen molar-refractivity contribution < 1.29 is 13.2 Å². The van der Waals surface area contributed by atoms with Crippen LogP contribution >= 0.6 is 0 Å². The Labute approximate surface area is 231 Å². The fourth-order valence-electron chi connectivity index (χ4n) is 5.30. The fraction of sp³-hybridized carbons (Fsp3) is 0.364. The number of hydrogen-bond acceptors (Lipinski definition) is 3. The molecule has 0 atom stereocenters. The molecule has 1 aliphatic carbocycles. The molecule has 0 heterocycles. The maximum Gasteiger partial charge on any atom is 0.405 e. The van der Waals surface area contributed by atoms with E-state index >= 15 is 0 Å². The molecule has 0 saturated carbocycles. The van der Waals surface area contributed by atoms with Crippen molar-refractivity contribution in [2.24, 2.45) is 4.99 Å². The molecule has 6 heteroatoms. The first-order chi connectivity index (χ1) is 18.5. The second-order valence-corrected chi connectivity index (χ2v) is 10.2. The van der Waals surface area contributed by atoms with Crippen molar-refractivity contribution in [1.29, 1.82) is 0 Å². The minimum Gasteiger partial charge on any atom is -0.386 e. The Balaban J connectivity index is 0.000000272. The molecule has 0 saturated heterocycles. The first kappa shape index (κ1) is 30.0. The first-order valence-electron chi connectivity index (χ1n) is 13.5. The van der Waals surface area contributed by atoms with Crippen molar-refractivity contribution >= 4 is 17.1 Å². The summed E-state index contributed by atoms with van der Waals surface area (Å²) in [4.78, 5) is 4.48. The van der Waals surface area contributed by atoms with E-state index in [9.17, 15) is 13.2 Å². The number of aryl methyl sites for hydroxylation is 1. The molecule has 0 aromatic heterocycles.